The molecule has 1 aliphatic heterocycles. The summed E-state index contributed by atoms with van der Waals surface area (Å²) < 4.78 is 0. The van der Waals surface area contributed by atoms with Crippen LogP contribution < -0.4 is 15.5 Å². The molecule has 0 spiro atoms. The Morgan fingerprint density at radius 1 is 0.966 bits per heavy atom. The lowest BCUT2D eigenvalue weighted by Gasteiger charge is -2.36. The number of hydrogen-bond acceptors (Lipinski definition) is 3. The zero-order chi connectivity index (χ0) is 20.5. The highest BCUT2D eigenvalue weighted by Gasteiger charge is 2.20. The Labute approximate surface area is 173 Å². The van der Waals surface area contributed by atoms with Gasteiger partial charge in [0.15, 0.2) is 5.96 Å². The van der Waals surface area contributed by atoms with Crippen molar-refractivity contribution in [3.63, 3.8) is 0 Å². The molecule has 1 saturated heterocycles. The van der Waals surface area contributed by atoms with Crippen molar-refractivity contribution in [1.82, 2.24) is 15.5 Å². The van der Waals surface area contributed by atoms with E-state index in [1.165, 1.54) is 16.8 Å². The first-order valence-corrected chi connectivity index (χ1v) is 10.2. The van der Waals surface area contributed by atoms with Crippen molar-refractivity contribution in [3.05, 3.63) is 65.7 Å². The monoisotopic (exact) mass is 393 g/mol. The van der Waals surface area contributed by atoms with Crippen LogP contribution in [0.15, 0.2) is 59.6 Å². The van der Waals surface area contributed by atoms with Crippen LogP contribution in [0.2, 0.25) is 0 Å². The molecule has 0 radical (unpaired) electrons. The van der Waals surface area contributed by atoms with Gasteiger partial charge in [-0.3, -0.25) is 9.79 Å². The lowest BCUT2D eigenvalue weighted by molar-refractivity contribution is -0.131. The molecule has 2 aromatic rings. The van der Waals surface area contributed by atoms with Crippen LogP contribution in [0.5, 0.6) is 0 Å². The molecule has 1 fully saturated rings. The third kappa shape index (κ3) is 5.98. The number of benzene rings is 2. The molecule has 0 aliphatic carbocycles. The van der Waals surface area contributed by atoms with E-state index in [1.54, 1.807) is 7.05 Å². The molecule has 1 aliphatic rings. The fourth-order valence-corrected chi connectivity index (χ4v) is 3.51. The summed E-state index contributed by atoms with van der Waals surface area (Å²) in [6.45, 7) is 6.68. The summed E-state index contributed by atoms with van der Waals surface area (Å²) in [5, 5.41) is 6.56. The highest BCUT2D eigenvalue weighted by molar-refractivity contribution is 5.81. The van der Waals surface area contributed by atoms with Gasteiger partial charge >= 0.3 is 0 Å². The first kappa shape index (κ1) is 20.7. The van der Waals surface area contributed by atoms with Crippen LogP contribution in [0.3, 0.4) is 0 Å². The van der Waals surface area contributed by atoms with Gasteiger partial charge in [-0.15, -0.1) is 0 Å². The van der Waals surface area contributed by atoms with Gasteiger partial charge in [-0.2, -0.15) is 0 Å². The van der Waals surface area contributed by atoms with Crippen LogP contribution in [0, 0.1) is 6.92 Å². The molecule has 6 heteroatoms. The van der Waals surface area contributed by atoms with Crippen LogP contribution >= 0.6 is 0 Å². The summed E-state index contributed by atoms with van der Waals surface area (Å²) in [6.07, 6.45) is 0.469. The minimum absolute atomic E-state index is 0.194. The summed E-state index contributed by atoms with van der Waals surface area (Å²) >= 11 is 0. The Balaban J connectivity index is 1.37. The lowest BCUT2D eigenvalue weighted by atomic mass is 10.1. The van der Waals surface area contributed by atoms with E-state index >= 15 is 0 Å². The third-order valence-electron chi connectivity index (χ3n) is 5.32. The largest absolute Gasteiger partial charge is 0.368 e. The van der Waals surface area contributed by atoms with Crippen molar-refractivity contribution >= 4 is 17.6 Å². The number of aryl methyl sites for hydroxylation is 1. The predicted octanol–water partition coefficient (Wildman–Crippen LogP) is 2.40. The third-order valence-corrected chi connectivity index (χ3v) is 5.32. The average Bonchev–Trinajstić information content (AvgIpc) is 2.77. The van der Waals surface area contributed by atoms with Crippen LogP contribution in [-0.2, 0) is 11.3 Å². The molecule has 0 saturated carbocycles. The van der Waals surface area contributed by atoms with E-state index in [0.29, 0.717) is 19.5 Å². The van der Waals surface area contributed by atoms with E-state index in [4.69, 9.17) is 0 Å². The van der Waals surface area contributed by atoms with Crippen molar-refractivity contribution in [2.75, 3.05) is 44.7 Å². The number of nitrogens with one attached hydrogen (secondary N) is 2. The molecule has 1 amide bonds. The van der Waals surface area contributed by atoms with Gasteiger partial charge in [0.1, 0.15) is 0 Å². The Morgan fingerprint density at radius 2 is 1.66 bits per heavy atom. The fraction of sp³-hybridized carbons (Fsp3) is 0.391. The molecule has 154 valence electrons. The molecular weight excluding hydrogens is 362 g/mol. The van der Waals surface area contributed by atoms with Gasteiger partial charge in [-0.1, -0.05) is 42.5 Å². The summed E-state index contributed by atoms with van der Waals surface area (Å²) in [4.78, 5) is 21.1. The highest BCUT2D eigenvalue weighted by atomic mass is 16.2. The van der Waals surface area contributed by atoms with Crippen molar-refractivity contribution < 1.29 is 4.79 Å². The second-order valence-corrected chi connectivity index (χ2v) is 7.23. The Hall–Kier alpha value is -3.02. The van der Waals surface area contributed by atoms with Crippen molar-refractivity contribution in [2.24, 2.45) is 4.99 Å². The number of carbonyl (C=O) groups is 1. The topological polar surface area (TPSA) is 60.0 Å². The Morgan fingerprint density at radius 3 is 2.34 bits per heavy atom. The van der Waals surface area contributed by atoms with E-state index < -0.39 is 0 Å². The number of amides is 1. The lowest BCUT2D eigenvalue weighted by Crippen LogP contribution is -2.49. The molecule has 0 bridgehead atoms. The van der Waals surface area contributed by atoms with E-state index in [2.05, 4.69) is 63.8 Å². The van der Waals surface area contributed by atoms with Gasteiger partial charge in [0, 0.05) is 58.4 Å². The normalized spacial score (nSPS) is 14.6. The average molecular weight is 394 g/mol. The van der Waals surface area contributed by atoms with Gasteiger partial charge in [0.25, 0.3) is 0 Å². The number of rotatable bonds is 6. The van der Waals surface area contributed by atoms with E-state index in [-0.39, 0.29) is 5.91 Å². The molecule has 2 aromatic carbocycles. The standard InChI is InChI=1S/C23H31N5O/c1-19-8-6-7-9-20(19)18-26-23(24-2)25-13-12-22(29)28-16-14-27(15-17-28)21-10-4-3-5-11-21/h3-11H,12-18H2,1-2H3,(H2,24,25,26). The maximum atomic E-state index is 12.5. The number of anilines is 1. The van der Waals surface area contributed by atoms with E-state index in [9.17, 15) is 4.79 Å². The molecule has 3 rings (SSSR count). The Bertz CT molecular complexity index is 813. The van der Waals surface area contributed by atoms with Crippen LogP contribution in [-0.4, -0.2) is 56.5 Å². The first-order valence-electron chi connectivity index (χ1n) is 10.2. The van der Waals surface area contributed by atoms with Crippen LogP contribution in [0.1, 0.15) is 17.5 Å². The summed E-state index contributed by atoms with van der Waals surface area (Å²) in [7, 11) is 1.75. The van der Waals surface area contributed by atoms with Crippen molar-refractivity contribution in [2.45, 2.75) is 19.9 Å². The zero-order valence-electron chi connectivity index (χ0n) is 17.4. The molecule has 0 atom stereocenters. The minimum atomic E-state index is 0.194. The molecule has 0 aromatic heterocycles. The quantitative estimate of drug-likeness (QED) is 0.584. The number of para-hydroxylation sites is 1. The molecular formula is C23H31N5O. The molecule has 1 heterocycles. The zero-order valence-corrected chi connectivity index (χ0v) is 17.4. The van der Waals surface area contributed by atoms with E-state index in [0.717, 1.165) is 32.1 Å². The van der Waals surface area contributed by atoms with Gasteiger partial charge in [-0.25, -0.2) is 0 Å². The van der Waals surface area contributed by atoms with Crippen LogP contribution in [0.4, 0.5) is 5.69 Å². The van der Waals surface area contributed by atoms with Crippen molar-refractivity contribution in [3.8, 4) is 0 Å². The number of hydrogen-bond donors (Lipinski definition) is 2. The number of aliphatic imine (C=N–C) groups is 1. The second-order valence-electron chi connectivity index (χ2n) is 7.23. The SMILES string of the molecule is CN=C(NCCC(=O)N1CCN(c2ccccc2)CC1)NCc1ccccc1C. The van der Waals surface area contributed by atoms with Gasteiger partial charge in [0.2, 0.25) is 5.91 Å². The number of nitrogens with zero attached hydrogens (tertiary/aromatic N) is 3. The van der Waals surface area contributed by atoms with Gasteiger partial charge in [0.05, 0.1) is 0 Å². The number of guanidine groups is 1. The van der Waals surface area contributed by atoms with Crippen LogP contribution in [0.25, 0.3) is 0 Å². The smallest absolute Gasteiger partial charge is 0.224 e. The second kappa shape index (κ2) is 10.5. The predicted molar refractivity (Wildman–Crippen MR) is 119 cm³/mol. The van der Waals surface area contributed by atoms with E-state index in [1.807, 2.05) is 23.1 Å². The first-order chi connectivity index (χ1) is 14.2. The van der Waals surface area contributed by atoms with Crippen molar-refractivity contribution in [1.29, 1.82) is 0 Å². The summed E-state index contributed by atoms with van der Waals surface area (Å²) in [5.74, 6) is 0.912. The minimum Gasteiger partial charge on any atom is -0.368 e. The molecule has 0 unspecified atom stereocenters. The van der Waals surface area contributed by atoms with Gasteiger partial charge in [-0.05, 0) is 30.2 Å². The molecule has 2 N–H and O–H groups in total. The highest BCUT2D eigenvalue weighted by Crippen LogP contribution is 2.15. The van der Waals surface area contributed by atoms with Gasteiger partial charge < -0.3 is 20.4 Å². The maximum Gasteiger partial charge on any atom is 0.224 e. The number of piperazine rings is 1. The Kier molecular flexibility index (Phi) is 7.50. The maximum absolute atomic E-state index is 12.5. The molecule has 29 heavy (non-hydrogen) atoms. The fourth-order valence-electron chi connectivity index (χ4n) is 3.51. The summed E-state index contributed by atoms with van der Waals surface area (Å²) in [6, 6.07) is 18.7. The molecule has 6 nitrogen and oxygen atoms in total. The number of carbonyl (C=O) groups excluding carboxylic acids is 1. The summed E-state index contributed by atoms with van der Waals surface area (Å²) in [5.41, 5.74) is 3.72.